The molecule has 1 fully saturated rings. The van der Waals surface area contributed by atoms with Gasteiger partial charge in [-0.15, -0.1) is 0 Å². The number of benzene rings is 3. The maximum Gasteiger partial charge on any atom is 0.220 e. The second-order valence-electron chi connectivity index (χ2n) is 9.29. The Hall–Kier alpha value is -3.84. The molecule has 1 atom stereocenters. The first kappa shape index (κ1) is 26.2. The van der Waals surface area contributed by atoms with Crippen molar-refractivity contribution in [1.82, 2.24) is 16.0 Å². The first-order valence-electron chi connectivity index (χ1n) is 12.8. The largest absolute Gasteiger partial charge is 0.491 e. The average Bonchev–Trinajstić information content (AvgIpc) is 3.32. The number of rotatable bonds is 12. The summed E-state index contributed by atoms with van der Waals surface area (Å²) in [5.74, 6) is 1.46. The molecule has 0 unspecified atom stereocenters. The van der Waals surface area contributed by atoms with Crippen molar-refractivity contribution < 1.29 is 19.1 Å². The molecule has 4 rings (SSSR count). The van der Waals surface area contributed by atoms with Crippen molar-refractivity contribution in [2.75, 3.05) is 19.7 Å². The van der Waals surface area contributed by atoms with Crippen molar-refractivity contribution in [3.05, 3.63) is 83.4 Å². The third-order valence-corrected chi connectivity index (χ3v) is 6.48. The highest BCUT2D eigenvalue weighted by molar-refractivity contribution is 5.78. The van der Waals surface area contributed by atoms with Crippen molar-refractivity contribution in [2.45, 2.75) is 45.9 Å². The van der Waals surface area contributed by atoms with Gasteiger partial charge in [-0.2, -0.15) is 0 Å². The molecule has 2 amide bonds. The standard InChI is InChI=1S/C30H35N3O4/c1-21-25(9-6-10-28(21)23-7-4-3-5-8-23)19-36-27-13-11-24(18-31-15-16-32-22(2)34)29(17-27)37-20-26-12-14-30(35)33-26/h3-11,13,17,26,31H,12,14-16,18-20H2,1-2H3,(H,32,34)(H,33,35)/t26-/m0/s1. The highest BCUT2D eigenvalue weighted by atomic mass is 16.5. The molecule has 7 heteroatoms. The Morgan fingerprint density at radius 1 is 1.00 bits per heavy atom. The minimum atomic E-state index is -0.0459. The number of hydrogen-bond acceptors (Lipinski definition) is 5. The summed E-state index contributed by atoms with van der Waals surface area (Å²) >= 11 is 0. The molecule has 0 saturated carbocycles. The van der Waals surface area contributed by atoms with Gasteiger partial charge in [0.2, 0.25) is 11.8 Å². The van der Waals surface area contributed by atoms with Crippen LogP contribution < -0.4 is 25.4 Å². The lowest BCUT2D eigenvalue weighted by atomic mass is 9.97. The quantitative estimate of drug-likeness (QED) is 0.325. The maximum absolute atomic E-state index is 11.6. The van der Waals surface area contributed by atoms with Crippen molar-refractivity contribution in [3.8, 4) is 22.6 Å². The van der Waals surface area contributed by atoms with Gasteiger partial charge in [0.25, 0.3) is 0 Å². The molecule has 3 aromatic carbocycles. The van der Waals surface area contributed by atoms with Gasteiger partial charge in [-0.1, -0.05) is 54.6 Å². The van der Waals surface area contributed by atoms with E-state index in [1.165, 1.54) is 23.6 Å². The topological polar surface area (TPSA) is 88.7 Å². The van der Waals surface area contributed by atoms with Crippen LogP contribution in [-0.4, -0.2) is 37.6 Å². The van der Waals surface area contributed by atoms with Crippen LogP contribution in [-0.2, 0) is 22.7 Å². The van der Waals surface area contributed by atoms with E-state index in [2.05, 4.69) is 53.2 Å². The molecule has 0 spiro atoms. The molecule has 37 heavy (non-hydrogen) atoms. The van der Waals surface area contributed by atoms with E-state index in [0.717, 1.165) is 29.0 Å². The van der Waals surface area contributed by atoms with Crippen molar-refractivity contribution in [3.63, 3.8) is 0 Å². The van der Waals surface area contributed by atoms with Gasteiger partial charge < -0.3 is 25.4 Å². The van der Waals surface area contributed by atoms with E-state index in [-0.39, 0.29) is 17.9 Å². The third kappa shape index (κ3) is 7.57. The van der Waals surface area contributed by atoms with Gasteiger partial charge in [-0.3, -0.25) is 9.59 Å². The molecular weight excluding hydrogens is 466 g/mol. The van der Waals surface area contributed by atoms with Crippen molar-refractivity contribution in [2.24, 2.45) is 0 Å². The van der Waals surface area contributed by atoms with Crippen LogP contribution in [0.5, 0.6) is 11.5 Å². The zero-order valence-corrected chi connectivity index (χ0v) is 21.5. The number of amides is 2. The van der Waals surface area contributed by atoms with Crippen LogP contribution in [0.4, 0.5) is 0 Å². The summed E-state index contributed by atoms with van der Waals surface area (Å²) in [4.78, 5) is 22.6. The minimum Gasteiger partial charge on any atom is -0.491 e. The van der Waals surface area contributed by atoms with E-state index in [9.17, 15) is 9.59 Å². The maximum atomic E-state index is 11.6. The third-order valence-electron chi connectivity index (χ3n) is 6.48. The Kier molecular flexibility index (Phi) is 9.16. The van der Waals surface area contributed by atoms with Gasteiger partial charge in [0.05, 0.1) is 6.04 Å². The van der Waals surface area contributed by atoms with E-state index in [0.29, 0.717) is 39.3 Å². The summed E-state index contributed by atoms with van der Waals surface area (Å²) in [7, 11) is 0. The lowest BCUT2D eigenvalue weighted by Gasteiger charge is -2.18. The predicted octanol–water partition coefficient (Wildman–Crippen LogP) is 4.12. The highest BCUT2D eigenvalue weighted by Crippen LogP contribution is 2.29. The monoisotopic (exact) mass is 501 g/mol. The second kappa shape index (κ2) is 12.9. The summed E-state index contributed by atoms with van der Waals surface area (Å²) in [6.45, 7) is 6.28. The van der Waals surface area contributed by atoms with Crippen LogP contribution in [0.15, 0.2) is 66.7 Å². The van der Waals surface area contributed by atoms with Crippen LogP contribution in [0.2, 0.25) is 0 Å². The van der Waals surface area contributed by atoms with Gasteiger partial charge in [-0.05, 0) is 41.7 Å². The fourth-order valence-corrected chi connectivity index (χ4v) is 4.38. The van der Waals surface area contributed by atoms with E-state index in [1.807, 2.05) is 36.4 Å². The number of hydrogen-bond donors (Lipinski definition) is 3. The van der Waals surface area contributed by atoms with Crippen LogP contribution >= 0.6 is 0 Å². The van der Waals surface area contributed by atoms with Crippen LogP contribution in [0.3, 0.4) is 0 Å². The highest BCUT2D eigenvalue weighted by Gasteiger charge is 2.21. The molecule has 3 aromatic rings. The lowest BCUT2D eigenvalue weighted by Crippen LogP contribution is -2.31. The number of ether oxygens (including phenoxy) is 2. The van der Waals surface area contributed by atoms with Crippen LogP contribution in [0, 0.1) is 6.92 Å². The summed E-state index contributed by atoms with van der Waals surface area (Å²) in [6, 6.07) is 22.5. The molecule has 1 aliphatic heterocycles. The lowest BCUT2D eigenvalue weighted by molar-refractivity contribution is -0.120. The van der Waals surface area contributed by atoms with Crippen molar-refractivity contribution >= 4 is 11.8 Å². The normalized spacial score (nSPS) is 14.8. The molecule has 0 aromatic heterocycles. The molecule has 1 heterocycles. The summed E-state index contributed by atoms with van der Waals surface area (Å²) in [5.41, 5.74) is 5.70. The number of nitrogens with one attached hydrogen (secondary N) is 3. The molecule has 1 saturated heterocycles. The fraction of sp³-hybridized carbons (Fsp3) is 0.333. The van der Waals surface area contributed by atoms with Crippen molar-refractivity contribution in [1.29, 1.82) is 0 Å². The van der Waals surface area contributed by atoms with Gasteiger partial charge in [0, 0.05) is 44.6 Å². The van der Waals surface area contributed by atoms with E-state index >= 15 is 0 Å². The molecule has 0 bridgehead atoms. The molecule has 7 nitrogen and oxygen atoms in total. The number of carbonyl (C=O) groups excluding carboxylic acids is 2. The van der Waals surface area contributed by atoms with Gasteiger partial charge in [0.15, 0.2) is 0 Å². The summed E-state index contributed by atoms with van der Waals surface area (Å²) in [5, 5.41) is 9.06. The summed E-state index contributed by atoms with van der Waals surface area (Å²) in [6.07, 6.45) is 1.31. The van der Waals surface area contributed by atoms with Gasteiger partial charge in [0.1, 0.15) is 24.7 Å². The smallest absolute Gasteiger partial charge is 0.220 e. The Labute approximate surface area is 218 Å². The predicted molar refractivity (Wildman–Crippen MR) is 144 cm³/mol. The Morgan fingerprint density at radius 2 is 1.84 bits per heavy atom. The second-order valence-corrected chi connectivity index (χ2v) is 9.29. The minimum absolute atomic E-state index is 0.0148. The van der Waals surface area contributed by atoms with Crippen LogP contribution in [0.25, 0.3) is 11.1 Å². The fourth-order valence-electron chi connectivity index (χ4n) is 4.38. The average molecular weight is 502 g/mol. The zero-order valence-electron chi connectivity index (χ0n) is 21.5. The van der Waals surface area contributed by atoms with Crippen LogP contribution in [0.1, 0.15) is 36.5 Å². The molecule has 0 radical (unpaired) electrons. The van der Waals surface area contributed by atoms with E-state index in [1.54, 1.807) is 0 Å². The molecule has 3 N–H and O–H groups in total. The molecular formula is C30H35N3O4. The summed E-state index contributed by atoms with van der Waals surface area (Å²) < 4.78 is 12.4. The Balaban J connectivity index is 1.43. The van der Waals surface area contributed by atoms with Gasteiger partial charge >= 0.3 is 0 Å². The first-order valence-corrected chi connectivity index (χ1v) is 12.8. The molecule has 1 aliphatic rings. The molecule has 0 aliphatic carbocycles. The Morgan fingerprint density at radius 3 is 2.59 bits per heavy atom. The SMILES string of the molecule is CC(=O)NCCNCc1ccc(OCc2cccc(-c3ccccc3)c2C)cc1OC[C@@H]1CCC(=O)N1. The van der Waals surface area contributed by atoms with E-state index < -0.39 is 0 Å². The first-order chi connectivity index (χ1) is 18.0. The number of carbonyl (C=O) groups is 2. The zero-order chi connectivity index (χ0) is 26.0. The van der Waals surface area contributed by atoms with Gasteiger partial charge in [-0.25, -0.2) is 0 Å². The van der Waals surface area contributed by atoms with E-state index in [4.69, 9.17) is 9.47 Å². The Bertz CT molecular complexity index is 1210. The molecule has 194 valence electrons.